The lowest BCUT2D eigenvalue weighted by Crippen LogP contribution is -2.20. The van der Waals surface area contributed by atoms with Gasteiger partial charge < -0.3 is 4.90 Å². The SMILES string of the molecule is O=CN(Cc1ccc(F)cc1)c1cc(Cl)ccc1Cl. The van der Waals surface area contributed by atoms with Crippen LogP contribution in [0.5, 0.6) is 0 Å². The molecule has 2 aromatic carbocycles. The first-order valence-corrected chi connectivity index (χ1v) is 6.27. The predicted octanol–water partition coefficient (Wildman–Crippen LogP) is 4.30. The smallest absolute Gasteiger partial charge is 0.214 e. The largest absolute Gasteiger partial charge is 0.309 e. The van der Waals surface area contributed by atoms with Gasteiger partial charge in [-0.3, -0.25) is 4.79 Å². The number of anilines is 1. The Morgan fingerprint density at radius 1 is 1.11 bits per heavy atom. The van der Waals surface area contributed by atoms with Crippen LogP contribution in [-0.4, -0.2) is 6.41 Å². The van der Waals surface area contributed by atoms with Gasteiger partial charge in [0.2, 0.25) is 6.41 Å². The molecule has 0 spiro atoms. The number of benzene rings is 2. The fraction of sp³-hybridized carbons (Fsp3) is 0.0714. The fourth-order valence-electron chi connectivity index (χ4n) is 1.67. The van der Waals surface area contributed by atoms with Crippen molar-refractivity contribution >= 4 is 35.3 Å². The first kappa shape index (κ1) is 13.8. The summed E-state index contributed by atoms with van der Waals surface area (Å²) in [6, 6.07) is 10.8. The maximum absolute atomic E-state index is 12.8. The maximum atomic E-state index is 12.8. The van der Waals surface area contributed by atoms with Gasteiger partial charge in [0.1, 0.15) is 5.82 Å². The number of hydrogen-bond donors (Lipinski definition) is 0. The second-order valence-electron chi connectivity index (χ2n) is 3.96. The zero-order valence-corrected chi connectivity index (χ0v) is 11.3. The molecule has 5 heteroatoms. The molecule has 2 aromatic rings. The van der Waals surface area contributed by atoms with E-state index >= 15 is 0 Å². The van der Waals surface area contributed by atoms with E-state index < -0.39 is 0 Å². The van der Waals surface area contributed by atoms with Crippen molar-refractivity contribution in [2.75, 3.05) is 4.90 Å². The number of hydrogen-bond acceptors (Lipinski definition) is 1. The molecule has 0 N–H and O–H groups in total. The van der Waals surface area contributed by atoms with E-state index in [1.807, 2.05) is 0 Å². The van der Waals surface area contributed by atoms with Gasteiger partial charge in [-0.2, -0.15) is 0 Å². The highest BCUT2D eigenvalue weighted by Crippen LogP contribution is 2.29. The van der Waals surface area contributed by atoms with Crippen molar-refractivity contribution in [3.05, 3.63) is 63.9 Å². The van der Waals surface area contributed by atoms with Gasteiger partial charge in [0, 0.05) is 5.02 Å². The second kappa shape index (κ2) is 6.04. The van der Waals surface area contributed by atoms with Gasteiger partial charge in [-0.25, -0.2) is 4.39 Å². The van der Waals surface area contributed by atoms with Gasteiger partial charge in [-0.15, -0.1) is 0 Å². The third-order valence-corrected chi connectivity index (χ3v) is 3.17. The molecular weight excluding hydrogens is 288 g/mol. The predicted molar refractivity (Wildman–Crippen MR) is 75.1 cm³/mol. The van der Waals surface area contributed by atoms with Gasteiger partial charge in [0.15, 0.2) is 0 Å². The van der Waals surface area contributed by atoms with Crippen molar-refractivity contribution in [1.29, 1.82) is 0 Å². The lowest BCUT2D eigenvalue weighted by Gasteiger charge is -2.19. The summed E-state index contributed by atoms with van der Waals surface area (Å²) in [4.78, 5) is 12.6. The van der Waals surface area contributed by atoms with E-state index in [1.165, 1.54) is 17.0 Å². The van der Waals surface area contributed by atoms with Gasteiger partial charge >= 0.3 is 0 Å². The van der Waals surface area contributed by atoms with Crippen LogP contribution >= 0.6 is 23.2 Å². The molecule has 2 rings (SSSR count). The summed E-state index contributed by atoms with van der Waals surface area (Å²) in [6.07, 6.45) is 0.668. The molecule has 0 aromatic heterocycles. The third kappa shape index (κ3) is 3.46. The highest BCUT2D eigenvalue weighted by molar-refractivity contribution is 6.35. The molecule has 0 aliphatic rings. The van der Waals surface area contributed by atoms with Crippen LogP contribution in [0.2, 0.25) is 10.0 Å². The molecule has 0 radical (unpaired) electrons. The average molecular weight is 298 g/mol. The lowest BCUT2D eigenvalue weighted by molar-refractivity contribution is -0.107. The molecular formula is C14H10Cl2FNO. The zero-order valence-electron chi connectivity index (χ0n) is 9.82. The molecule has 0 aliphatic heterocycles. The van der Waals surface area contributed by atoms with Crippen LogP contribution in [-0.2, 0) is 11.3 Å². The van der Waals surface area contributed by atoms with Crippen molar-refractivity contribution in [3.8, 4) is 0 Å². The molecule has 0 bridgehead atoms. The molecule has 0 unspecified atom stereocenters. The van der Waals surface area contributed by atoms with Crippen LogP contribution in [0, 0.1) is 5.82 Å². The number of halogens is 3. The standard InChI is InChI=1S/C14H10Cl2FNO/c15-11-3-6-13(16)14(7-11)18(9-19)8-10-1-4-12(17)5-2-10/h1-7,9H,8H2. The summed E-state index contributed by atoms with van der Waals surface area (Å²) in [5.74, 6) is -0.317. The summed E-state index contributed by atoms with van der Waals surface area (Å²) >= 11 is 11.9. The van der Waals surface area contributed by atoms with E-state index in [-0.39, 0.29) is 5.82 Å². The Labute approximate surface area is 120 Å². The highest BCUT2D eigenvalue weighted by Gasteiger charge is 2.11. The van der Waals surface area contributed by atoms with E-state index in [0.717, 1.165) is 5.56 Å². The average Bonchev–Trinajstić information content (AvgIpc) is 2.41. The van der Waals surface area contributed by atoms with Crippen LogP contribution in [0.1, 0.15) is 5.56 Å². The summed E-state index contributed by atoms with van der Waals surface area (Å²) in [5, 5.41) is 0.920. The monoisotopic (exact) mass is 297 g/mol. The van der Waals surface area contributed by atoms with E-state index in [2.05, 4.69) is 0 Å². The molecule has 2 nitrogen and oxygen atoms in total. The fourth-order valence-corrected chi connectivity index (χ4v) is 2.06. The van der Waals surface area contributed by atoms with E-state index in [9.17, 15) is 9.18 Å². The molecule has 98 valence electrons. The van der Waals surface area contributed by atoms with Crippen LogP contribution in [0.15, 0.2) is 42.5 Å². The van der Waals surface area contributed by atoms with Gasteiger partial charge in [0.25, 0.3) is 0 Å². The van der Waals surface area contributed by atoms with Gasteiger partial charge in [-0.05, 0) is 35.9 Å². The van der Waals surface area contributed by atoms with Crippen molar-refractivity contribution < 1.29 is 9.18 Å². The minimum absolute atomic E-state index is 0.295. The Kier molecular flexibility index (Phi) is 4.40. The maximum Gasteiger partial charge on any atom is 0.214 e. The Hall–Kier alpha value is -1.58. The van der Waals surface area contributed by atoms with E-state index in [0.29, 0.717) is 28.7 Å². The lowest BCUT2D eigenvalue weighted by atomic mass is 10.2. The first-order chi connectivity index (χ1) is 9.10. The summed E-state index contributed by atoms with van der Waals surface area (Å²) in [6.45, 7) is 0.295. The summed E-state index contributed by atoms with van der Waals surface area (Å²) in [7, 11) is 0. The Bertz CT molecular complexity index is 586. The Balaban J connectivity index is 2.27. The normalized spacial score (nSPS) is 10.3. The van der Waals surface area contributed by atoms with Crippen LogP contribution in [0.25, 0.3) is 0 Å². The molecule has 19 heavy (non-hydrogen) atoms. The molecule has 0 fully saturated rings. The summed E-state index contributed by atoms with van der Waals surface area (Å²) in [5.41, 5.74) is 1.32. The minimum atomic E-state index is -0.317. The second-order valence-corrected chi connectivity index (χ2v) is 4.80. The molecule has 0 atom stereocenters. The number of amides is 1. The topological polar surface area (TPSA) is 20.3 Å². The Morgan fingerprint density at radius 2 is 1.79 bits per heavy atom. The molecule has 0 saturated heterocycles. The van der Waals surface area contributed by atoms with Crippen molar-refractivity contribution in [2.24, 2.45) is 0 Å². The van der Waals surface area contributed by atoms with Crippen molar-refractivity contribution in [2.45, 2.75) is 6.54 Å². The number of rotatable bonds is 4. The van der Waals surface area contributed by atoms with Crippen molar-refractivity contribution in [1.82, 2.24) is 0 Å². The third-order valence-electron chi connectivity index (χ3n) is 2.61. The molecule has 0 heterocycles. The highest BCUT2D eigenvalue weighted by atomic mass is 35.5. The number of carbonyl (C=O) groups is 1. The number of nitrogens with zero attached hydrogens (tertiary/aromatic N) is 1. The Morgan fingerprint density at radius 3 is 2.42 bits per heavy atom. The molecule has 1 amide bonds. The van der Waals surface area contributed by atoms with Gasteiger partial charge in [0.05, 0.1) is 17.3 Å². The van der Waals surface area contributed by atoms with Crippen molar-refractivity contribution in [3.63, 3.8) is 0 Å². The molecule has 0 saturated carbocycles. The summed E-state index contributed by atoms with van der Waals surface area (Å²) < 4.78 is 12.8. The van der Waals surface area contributed by atoms with Crippen LogP contribution < -0.4 is 4.90 Å². The zero-order chi connectivity index (χ0) is 13.8. The van der Waals surface area contributed by atoms with Gasteiger partial charge in [-0.1, -0.05) is 35.3 Å². The first-order valence-electron chi connectivity index (χ1n) is 5.51. The van der Waals surface area contributed by atoms with E-state index in [1.54, 1.807) is 30.3 Å². The number of carbonyl (C=O) groups excluding carboxylic acids is 1. The van der Waals surface area contributed by atoms with E-state index in [4.69, 9.17) is 23.2 Å². The molecule has 0 aliphatic carbocycles. The minimum Gasteiger partial charge on any atom is -0.309 e. The quantitative estimate of drug-likeness (QED) is 0.771. The van der Waals surface area contributed by atoms with Crippen LogP contribution in [0.3, 0.4) is 0 Å². The van der Waals surface area contributed by atoms with Crippen LogP contribution in [0.4, 0.5) is 10.1 Å².